The van der Waals surface area contributed by atoms with E-state index in [1.165, 1.54) is 12.2 Å². The third-order valence-corrected chi connectivity index (χ3v) is 7.44. The van der Waals surface area contributed by atoms with Gasteiger partial charge in [-0.15, -0.1) is 0 Å². The zero-order valence-electron chi connectivity index (χ0n) is 22.9. The van der Waals surface area contributed by atoms with Gasteiger partial charge in [0.15, 0.2) is 17.2 Å². The number of para-hydroxylation sites is 2. The van der Waals surface area contributed by atoms with E-state index in [9.17, 15) is 18.0 Å². The molecule has 2 saturated heterocycles. The molecule has 2 aromatic carbocycles. The largest absolute Gasteiger partial charge is 0.462 e. The van der Waals surface area contributed by atoms with Crippen LogP contribution in [-0.4, -0.2) is 50.9 Å². The van der Waals surface area contributed by atoms with Gasteiger partial charge in [-0.2, -0.15) is 0 Å². The van der Waals surface area contributed by atoms with E-state index in [2.05, 4.69) is 21.4 Å². The lowest BCUT2D eigenvalue weighted by Gasteiger charge is -2.29. The Morgan fingerprint density at radius 3 is 2.60 bits per heavy atom. The first-order valence-corrected chi connectivity index (χ1v) is 13.6. The monoisotopic (exact) mass is 581 g/mol. The first-order chi connectivity index (χ1) is 20.3. The van der Waals surface area contributed by atoms with Crippen LogP contribution in [0.2, 0.25) is 0 Å². The number of alkyl halides is 2. The third kappa shape index (κ3) is 5.65. The number of nitrogens with one attached hydrogen (secondary N) is 1. The summed E-state index contributed by atoms with van der Waals surface area (Å²) in [6.07, 6.45) is 5.53. The van der Waals surface area contributed by atoms with Crippen LogP contribution >= 0.6 is 0 Å². The fraction of sp³-hybridized carbons (Fsp3) is 0.367. The lowest BCUT2D eigenvalue weighted by atomic mass is 9.97. The van der Waals surface area contributed by atoms with Gasteiger partial charge in [0.2, 0.25) is 0 Å². The Morgan fingerprint density at radius 2 is 1.88 bits per heavy atom. The van der Waals surface area contributed by atoms with Gasteiger partial charge in [0, 0.05) is 37.0 Å². The maximum Gasteiger partial charge on any atom is 0.326 e. The highest BCUT2D eigenvalue weighted by molar-refractivity contribution is 6.05. The van der Waals surface area contributed by atoms with Gasteiger partial charge >= 0.3 is 5.69 Å². The number of imidazole rings is 1. The van der Waals surface area contributed by atoms with Gasteiger partial charge in [0.25, 0.3) is 6.43 Å². The molecule has 5 heterocycles. The van der Waals surface area contributed by atoms with Gasteiger partial charge in [0.1, 0.15) is 28.5 Å². The summed E-state index contributed by atoms with van der Waals surface area (Å²) < 4.78 is 52.9. The molecule has 7 rings (SSSR count). The zero-order chi connectivity index (χ0) is 29.8. The van der Waals surface area contributed by atoms with Crippen LogP contribution in [0.4, 0.5) is 19.0 Å². The number of aromatic nitrogens is 4. The standard InChI is InChI=1S/C15H13F2N3O.C13H15FN2O2.C2H2O/c16-13(17)14-18-11-9-5-1-2-6-10(9)21-12(11)15(19-14)20-7-3-4-8-20;1-8-7-18-6-5-11(8)16-12-9(14)3-2-4-10(12)15-13(16)17;1-2-3/h1-2,5-6,13H,3-4,7-8H2;2-4,8,11H,5-7H2,1H3,(H,15,17);1,3H/t;8-,11?;/m.0./s1. The molecule has 2 aliphatic heterocycles. The van der Waals surface area contributed by atoms with Gasteiger partial charge in [-0.3, -0.25) is 4.57 Å². The van der Waals surface area contributed by atoms with Crippen LogP contribution in [0.1, 0.15) is 44.5 Å². The maximum atomic E-state index is 13.9. The summed E-state index contributed by atoms with van der Waals surface area (Å²) >= 11 is 0. The van der Waals surface area contributed by atoms with E-state index in [0.29, 0.717) is 46.7 Å². The molecule has 2 aliphatic rings. The Kier molecular flexibility index (Phi) is 8.68. The van der Waals surface area contributed by atoms with Gasteiger partial charge < -0.3 is 24.1 Å². The molecule has 0 radical (unpaired) electrons. The number of anilines is 1. The predicted octanol–water partition coefficient (Wildman–Crippen LogP) is 5.93. The first kappa shape index (κ1) is 29.0. The smallest absolute Gasteiger partial charge is 0.326 e. The molecule has 1 unspecified atom stereocenters. The van der Waals surface area contributed by atoms with E-state index >= 15 is 0 Å². The molecular formula is C30H30F3N5O4. The number of nitrogens with zero attached hydrogens (tertiary/aromatic N) is 4. The van der Waals surface area contributed by atoms with Crippen molar-refractivity contribution in [3.8, 4) is 12.5 Å². The van der Waals surface area contributed by atoms with E-state index in [0.717, 1.165) is 37.7 Å². The minimum Gasteiger partial charge on any atom is -0.462 e. The average Bonchev–Trinajstić information content (AvgIpc) is 3.71. The Labute approximate surface area is 238 Å². The predicted molar refractivity (Wildman–Crippen MR) is 153 cm³/mol. The average molecular weight is 582 g/mol. The molecule has 9 nitrogen and oxygen atoms in total. The van der Waals surface area contributed by atoms with Gasteiger partial charge in [-0.1, -0.05) is 31.5 Å². The molecule has 0 spiro atoms. The number of benzene rings is 2. The number of H-pyrrole nitrogens is 1. The van der Waals surface area contributed by atoms with E-state index in [-0.39, 0.29) is 23.5 Å². The van der Waals surface area contributed by atoms with Crippen molar-refractivity contribution in [3.05, 3.63) is 64.6 Å². The SMILES string of the molecule is C#CO.C[C@H]1COCCC1n1c(=O)[nH]c2cccc(F)c21.FC(F)c1nc(N2CCCC2)c2oc3ccccc3c2n1. The highest BCUT2D eigenvalue weighted by atomic mass is 19.3. The third-order valence-electron chi connectivity index (χ3n) is 7.44. The fourth-order valence-electron chi connectivity index (χ4n) is 5.54. The number of fused-ring (bicyclic) bond motifs is 4. The van der Waals surface area contributed by atoms with Crippen LogP contribution in [0.25, 0.3) is 33.1 Å². The molecule has 0 aliphatic carbocycles. The van der Waals surface area contributed by atoms with Crippen LogP contribution in [-0.2, 0) is 4.74 Å². The molecule has 2 N–H and O–H groups in total. The normalized spacial score (nSPS) is 18.5. The van der Waals surface area contributed by atoms with Crippen LogP contribution in [0.3, 0.4) is 0 Å². The van der Waals surface area contributed by atoms with Crippen LogP contribution in [0.15, 0.2) is 51.7 Å². The van der Waals surface area contributed by atoms with Gasteiger partial charge in [0.05, 0.1) is 12.1 Å². The van der Waals surface area contributed by atoms with E-state index in [4.69, 9.17) is 14.3 Å². The number of terminal acetylenes is 1. The number of furan rings is 1. The number of aliphatic hydroxyl groups excluding tert-OH is 1. The number of hydrogen-bond donors (Lipinski definition) is 2. The van der Waals surface area contributed by atoms with Crippen molar-refractivity contribution >= 4 is 38.9 Å². The molecule has 0 bridgehead atoms. The second kappa shape index (κ2) is 12.6. The molecular weight excluding hydrogens is 551 g/mol. The molecule has 0 saturated carbocycles. The minimum absolute atomic E-state index is 0.00287. The Balaban J connectivity index is 0.000000155. The van der Waals surface area contributed by atoms with Crippen molar-refractivity contribution in [1.29, 1.82) is 0 Å². The number of rotatable bonds is 3. The van der Waals surface area contributed by atoms with Gasteiger partial charge in [-0.25, -0.2) is 27.9 Å². The lowest BCUT2D eigenvalue weighted by molar-refractivity contribution is 0.0288. The summed E-state index contributed by atoms with van der Waals surface area (Å²) in [6, 6.07) is 12.0. The minimum atomic E-state index is -2.69. The van der Waals surface area contributed by atoms with E-state index < -0.39 is 12.2 Å². The molecule has 220 valence electrons. The lowest BCUT2D eigenvalue weighted by Crippen LogP contribution is -2.33. The fourth-order valence-corrected chi connectivity index (χ4v) is 5.54. The van der Waals surface area contributed by atoms with Crippen LogP contribution in [0.5, 0.6) is 0 Å². The van der Waals surface area contributed by atoms with Crippen molar-refractivity contribution < 1.29 is 27.4 Å². The Morgan fingerprint density at radius 1 is 1.14 bits per heavy atom. The van der Waals surface area contributed by atoms with Gasteiger partial charge in [-0.05, 0) is 43.5 Å². The van der Waals surface area contributed by atoms with Crippen molar-refractivity contribution in [1.82, 2.24) is 19.5 Å². The molecule has 2 fully saturated rings. The summed E-state index contributed by atoms with van der Waals surface area (Å²) in [4.78, 5) is 24.8. The highest BCUT2D eigenvalue weighted by Gasteiger charge is 2.28. The van der Waals surface area contributed by atoms with E-state index in [1.54, 1.807) is 16.7 Å². The van der Waals surface area contributed by atoms with Crippen LogP contribution in [0, 0.1) is 24.3 Å². The molecule has 0 amide bonds. The summed E-state index contributed by atoms with van der Waals surface area (Å²) in [5.41, 5.74) is 2.31. The van der Waals surface area contributed by atoms with Crippen molar-refractivity contribution in [2.24, 2.45) is 5.92 Å². The summed E-state index contributed by atoms with van der Waals surface area (Å²) in [6.45, 7) is 4.87. The molecule has 42 heavy (non-hydrogen) atoms. The molecule has 2 atom stereocenters. The number of aliphatic hydroxyl groups is 1. The Hall–Kier alpha value is -4.50. The van der Waals surface area contributed by atoms with Crippen LogP contribution < -0.4 is 10.6 Å². The number of aromatic amines is 1. The second-order valence-corrected chi connectivity index (χ2v) is 10.1. The van der Waals surface area contributed by atoms with E-state index in [1.807, 2.05) is 36.1 Å². The maximum absolute atomic E-state index is 13.9. The van der Waals surface area contributed by atoms with Crippen molar-refractivity contribution in [2.45, 2.75) is 38.7 Å². The molecule has 5 aromatic rings. The molecule has 12 heteroatoms. The summed E-state index contributed by atoms with van der Waals surface area (Å²) in [5, 5.41) is 7.84. The quantitative estimate of drug-likeness (QED) is 0.254. The highest BCUT2D eigenvalue weighted by Crippen LogP contribution is 2.35. The second-order valence-electron chi connectivity index (χ2n) is 10.1. The summed E-state index contributed by atoms with van der Waals surface area (Å²) in [5.74, 6) is -0.0976. The van der Waals surface area contributed by atoms with Crippen molar-refractivity contribution in [2.75, 3.05) is 31.2 Å². The summed E-state index contributed by atoms with van der Waals surface area (Å²) in [7, 11) is 0. The number of halogens is 3. The molecule has 3 aromatic heterocycles. The Bertz CT molecular complexity index is 1790. The number of ether oxygens (including phenoxy) is 1. The first-order valence-electron chi connectivity index (χ1n) is 13.6. The topological polar surface area (TPSA) is 109 Å². The zero-order valence-corrected chi connectivity index (χ0v) is 22.9. The number of hydrogen-bond acceptors (Lipinski definition) is 7. The van der Waals surface area contributed by atoms with Crippen molar-refractivity contribution in [3.63, 3.8) is 0 Å².